The highest BCUT2D eigenvalue weighted by Gasteiger charge is 2.17. The summed E-state index contributed by atoms with van der Waals surface area (Å²) in [6, 6.07) is 2.41. The van der Waals surface area contributed by atoms with E-state index in [4.69, 9.17) is 4.74 Å². The Balaban J connectivity index is 1.86. The van der Waals surface area contributed by atoms with E-state index < -0.39 is 0 Å². The van der Waals surface area contributed by atoms with Crippen LogP contribution >= 0.6 is 0 Å². The molecule has 1 atom stereocenters. The van der Waals surface area contributed by atoms with Crippen LogP contribution in [0.15, 0.2) is 18.5 Å². The van der Waals surface area contributed by atoms with Crippen LogP contribution in [0.1, 0.15) is 31.9 Å². The van der Waals surface area contributed by atoms with Crippen molar-refractivity contribution in [3.05, 3.63) is 24.0 Å². The number of nitrogens with one attached hydrogen (secondary N) is 1. The van der Waals surface area contributed by atoms with E-state index in [0.29, 0.717) is 38.9 Å². The molecule has 1 aromatic heterocycles. The molecular formula is C15H25N3O2. The van der Waals surface area contributed by atoms with Crippen molar-refractivity contribution in [3.63, 3.8) is 0 Å². The Kier molecular flexibility index (Phi) is 5.61. The predicted molar refractivity (Wildman–Crippen MR) is 78.5 cm³/mol. The molecule has 1 unspecified atom stereocenters. The Morgan fingerprint density at radius 1 is 1.45 bits per heavy atom. The third-order valence-electron chi connectivity index (χ3n) is 3.66. The maximum atomic E-state index is 12.2. The standard InChI is InChI=1S/C15H25N3O2/c1-3-5-16-13(2)14-4-6-17(11-14)12-15(19)18-7-9-20-10-8-18/h4,6,11,13,16H,3,5,7-10,12H2,1-2H3. The molecule has 5 nitrogen and oxygen atoms in total. The second kappa shape index (κ2) is 7.45. The highest BCUT2D eigenvalue weighted by molar-refractivity contribution is 5.76. The number of nitrogens with zero attached hydrogens (tertiary/aromatic N) is 2. The van der Waals surface area contributed by atoms with Gasteiger partial charge in [-0.15, -0.1) is 0 Å². The summed E-state index contributed by atoms with van der Waals surface area (Å²) >= 11 is 0. The molecule has 112 valence electrons. The Bertz CT molecular complexity index is 425. The number of ether oxygens (including phenoxy) is 1. The van der Waals surface area contributed by atoms with Crippen molar-refractivity contribution < 1.29 is 9.53 Å². The quantitative estimate of drug-likeness (QED) is 0.856. The molecule has 2 rings (SSSR count). The number of morpholine rings is 1. The van der Waals surface area contributed by atoms with E-state index in [1.54, 1.807) is 0 Å². The summed E-state index contributed by atoms with van der Waals surface area (Å²) in [5.41, 5.74) is 1.23. The van der Waals surface area contributed by atoms with Gasteiger partial charge in [0.15, 0.2) is 0 Å². The fourth-order valence-corrected chi connectivity index (χ4v) is 2.36. The fourth-order valence-electron chi connectivity index (χ4n) is 2.36. The van der Waals surface area contributed by atoms with Gasteiger partial charge in [0.1, 0.15) is 6.54 Å². The SMILES string of the molecule is CCCNC(C)c1ccn(CC(=O)N2CCOCC2)c1. The molecule has 0 spiro atoms. The Morgan fingerprint density at radius 3 is 2.90 bits per heavy atom. The molecule has 1 aromatic rings. The summed E-state index contributed by atoms with van der Waals surface area (Å²) in [5, 5.41) is 3.45. The molecule has 2 heterocycles. The zero-order valence-corrected chi connectivity index (χ0v) is 12.5. The maximum absolute atomic E-state index is 12.2. The van der Waals surface area contributed by atoms with Crippen LogP contribution in [0, 0.1) is 0 Å². The van der Waals surface area contributed by atoms with Crippen molar-refractivity contribution in [1.82, 2.24) is 14.8 Å². The molecule has 0 aromatic carbocycles. The van der Waals surface area contributed by atoms with Crippen LogP contribution in [0.5, 0.6) is 0 Å². The minimum Gasteiger partial charge on any atom is -0.378 e. The first-order chi connectivity index (χ1) is 9.70. The van der Waals surface area contributed by atoms with Crippen molar-refractivity contribution in [2.75, 3.05) is 32.8 Å². The minimum atomic E-state index is 0.171. The largest absolute Gasteiger partial charge is 0.378 e. The lowest BCUT2D eigenvalue weighted by atomic mass is 10.2. The lowest BCUT2D eigenvalue weighted by molar-refractivity contribution is -0.135. The summed E-state index contributed by atoms with van der Waals surface area (Å²) in [6.07, 6.45) is 5.17. The number of carbonyl (C=O) groups excluding carboxylic acids is 1. The van der Waals surface area contributed by atoms with Gasteiger partial charge in [0.25, 0.3) is 0 Å². The van der Waals surface area contributed by atoms with E-state index in [9.17, 15) is 4.79 Å². The molecule has 0 aliphatic carbocycles. The van der Waals surface area contributed by atoms with E-state index in [0.717, 1.165) is 13.0 Å². The second-order valence-corrected chi connectivity index (χ2v) is 5.29. The van der Waals surface area contributed by atoms with Gasteiger partial charge in [0, 0.05) is 31.5 Å². The normalized spacial score (nSPS) is 17.2. The van der Waals surface area contributed by atoms with Gasteiger partial charge in [-0.3, -0.25) is 4.79 Å². The molecular weight excluding hydrogens is 254 g/mol. The monoisotopic (exact) mass is 279 g/mol. The number of hydrogen-bond donors (Lipinski definition) is 1. The van der Waals surface area contributed by atoms with Gasteiger partial charge < -0.3 is 19.5 Å². The Labute approximate surface area is 120 Å². The van der Waals surface area contributed by atoms with Crippen LogP contribution in [0.3, 0.4) is 0 Å². The first-order valence-electron chi connectivity index (χ1n) is 7.45. The molecule has 0 radical (unpaired) electrons. The summed E-state index contributed by atoms with van der Waals surface area (Å²) in [6.45, 7) is 8.47. The van der Waals surface area contributed by atoms with E-state index >= 15 is 0 Å². The molecule has 5 heteroatoms. The van der Waals surface area contributed by atoms with Crippen LogP contribution < -0.4 is 5.32 Å². The molecule has 20 heavy (non-hydrogen) atoms. The van der Waals surface area contributed by atoms with E-state index in [2.05, 4.69) is 31.4 Å². The van der Waals surface area contributed by atoms with Crippen molar-refractivity contribution in [2.24, 2.45) is 0 Å². The van der Waals surface area contributed by atoms with Crippen molar-refractivity contribution in [2.45, 2.75) is 32.9 Å². The Hall–Kier alpha value is -1.33. The molecule has 0 saturated carbocycles. The van der Waals surface area contributed by atoms with Crippen LogP contribution in [0.4, 0.5) is 0 Å². The van der Waals surface area contributed by atoms with Gasteiger partial charge in [0.2, 0.25) is 5.91 Å². The summed E-state index contributed by atoms with van der Waals surface area (Å²) in [4.78, 5) is 14.0. The number of aromatic nitrogens is 1. The van der Waals surface area contributed by atoms with Crippen LogP contribution in [0.2, 0.25) is 0 Å². The third-order valence-corrected chi connectivity index (χ3v) is 3.66. The summed E-state index contributed by atoms with van der Waals surface area (Å²) < 4.78 is 7.23. The summed E-state index contributed by atoms with van der Waals surface area (Å²) in [7, 11) is 0. The number of amides is 1. The van der Waals surface area contributed by atoms with E-state index in [-0.39, 0.29) is 5.91 Å². The lowest BCUT2D eigenvalue weighted by Crippen LogP contribution is -2.42. The molecule has 1 fully saturated rings. The molecule has 1 aliphatic heterocycles. The van der Waals surface area contributed by atoms with Gasteiger partial charge >= 0.3 is 0 Å². The summed E-state index contributed by atoms with van der Waals surface area (Å²) in [5.74, 6) is 0.171. The van der Waals surface area contributed by atoms with Gasteiger partial charge in [-0.2, -0.15) is 0 Å². The highest BCUT2D eigenvalue weighted by atomic mass is 16.5. The van der Waals surface area contributed by atoms with Crippen molar-refractivity contribution in [3.8, 4) is 0 Å². The van der Waals surface area contributed by atoms with Crippen molar-refractivity contribution >= 4 is 5.91 Å². The lowest BCUT2D eigenvalue weighted by Gasteiger charge is -2.27. The average molecular weight is 279 g/mol. The zero-order valence-electron chi connectivity index (χ0n) is 12.5. The van der Waals surface area contributed by atoms with Crippen LogP contribution in [-0.2, 0) is 16.1 Å². The Morgan fingerprint density at radius 2 is 2.20 bits per heavy atom. The first kappa shape index (κ1) is 15.1. The molecule has 1 saturated heterocycles. The second-order valence-electron chi connectivity index (χ2n) is 5.29. The fraction of sp³-hybridized carbons (Fsp3) is 0.667. The van der Waals surface area contributed by atoms with Gasteiger partial charge in [-0.05, 0) is 31.5 Å². The topological polar surface area (TPSA) is 46.5 Å². The first-order valence-corrected chi connectivity index (χ1v) is 7.45. The molecule has 1 aliphatic rings. The molecule has 0 bridgehead atoms. The third kappa shape index (κ3) is 4.08. The molecule has 1 N–H and O–H groups in total. The molecule has 1 amide bonds. The maximum Gasteiger partial charge on any atom is 0.242 e. The van der Waals surface area contributed by atoms with Crippen molar-refractivity contribution in [1.29, 1.82) is 0 Å². The number of rotatable bonds is 6. The number of hydrogen-bond acceptors (Lipinski definition) is 3. The smallest absolute Gasteiger partial charge is 0.242 e. The van der Waals surface area contributed by atoms with Crippen LogP contribution in [0.25, 0.3) is 0 Å². The van der Waals surface area contributed by atoms with E-state index in [1.165, 1.54) is 5.56 Å². The van der Waals surface area contributed by atoms with Crippen LogP contribution in [-0.4, -0.2) is 48.2 Å². The minimum absolute atomic E-state index is 0.171. The van der Waals surface area contributed by atoms with E-state index in [1.807, 2.05) is 15.7 Å². The average Bonchev–Trinajstić information content (AvgIpc) is 2.94. The number of carbonyl (C=O) groups is 1. The van der Waals surface area contributed by atoms with Gasteiger partial charge in [-0.1, -0.05) is 6.92 Å². The highest BCUT2D eigenvalue weighted by Crippen LogP contribution is 2.13. The van der Waals surface area contributed by atoms with Gasteiger partial charge in [-0.25, -0.2) is 0 Å². The zero-order chi connectivity index (χ0) is 14.4. The van der Waals surface area contributed by atoms with Gasteiger partial charge in [0.05, 0.1) is 13.2 Å². The predicted octanol–water partition coefficient (Wildman–Crippen LogP) is 1.41.